The van der Waals surface area contributed by atoms with Crippen LogP contribution in [0.4, 0.5) is 27.6 Å². The van der Waals surface area contributed by atoms with E-state index in [0.29, 0.717) is 17.1 Å². The average molecular weight is 383 g/mol. The van der Waals surface area contributed by atoms with Gasteiger partial charge in [0.05, 0.1) is 0 Å². The highest BCUT2D eigenvalue weighted by Gasteiger charge is 2.29. The SMILES string of the molecule is O=C(Nc1ccc(-c2ccc(CO)o2)cc1)c1c(F)c(F)c(F)c(F)c1F. The standard InChI is InChI=1S/C18H10F5NO3/c19-13-12(14(20)16(22)17(23)15(13)21)18(26)24-9-3-1-8(2-4-9)11-6-5-10(7-25)27-11/h1-6,25H,7H2,(H,24,26). The van der Waals surface area contributed by atoms with E-state index in [1.165, 1.54) is 24.3 Å². The Morgan fingerprint density at radius 1 is 0.852 bits per heavy atom. The van der Waals surface area contributed by atoms with Crippen LogP contribution >= 0.6 is 0 Å². The first-order valence-corrected chi connectivity index (χ1v) is 7.46. The third-order valence-electron chi connectivity index (χ3n) is 3.68. The lowest BCUT2D eigenvalue weighted by Crippen LogP contribution is -2.19. The second kappa shape index (κ2) is 7.20. The summed E-state index contributed by atoms with van der Waals surface area (Å²) in [7, 11) is 0. The third-order valence-corrected chi connectivity index (χ3v) is 3.68. The molecule has 1 heterocycles. The Morgan fingerprint density at radius 3 is 1.93 bits per heavy atom. The fourth-order valence-electron chi connectivity index (χ4n) is 2.33. The van der Waals surface area contributed by atoms with Gasteiger partial charge in [0.15, 0.2) is 23.3 Å². The van der Waals surface area contributed by atoms with E-state index in [9.17, 15) is 26.7 Å². The van der Waals surface area contributed by atoms with Crippen LogP contribution in [0.2, 0.25) is 0 Å². The van der Waals surface area contributed by atoms with Crippen molar-refractivity contribution in [2.24, 2.45) is 0 Å². The van der Waals surface area contributed by atoms with Gasteiger partial charge in [0.25, 0.3) is 5.91 Å². The van der Waals surface area contributed by atoms with Crippen molar-refractivity contribution in [2.45, 2.75) is 6.61 Å². The Bertz CT molecular complexity index is 986. The van der Waals surface area contributed by atoms with Gasteiger partial charge < -0.3 is 14.8 Å². The van der Waals surface area contributed by atoms with Crippen molar-refractivity contribution in [3.05, 3.63) is 76.8 Å². The summed E-state index contributed by atoms with van der Waals surface area (Å²) in [6.45, 7) is -0.282. The molecule has 0 aliphatic heterocycles. The van der Waals surface area contributed by atoms with Crippen LogP contribution in [0.1, 0.15) is 16.1 Å². The Hall–Kier alpha value is -3.20. The van der Waals surface area contributed by atoms with Gasteiger partial charge in [-0.05, 0) is 36.4 Å². The van der Waals surface area contributed by atoms with Crippen LogP contribution in [-0.4, -0.2) is 11.0 Å². The van der Waals surface area contributed by atoms with E-state index in [1.807, 2.05) is 0 Å². The van der Waals surface area contributed by atoms with Crippen LogP contribution in [0.3, 0.4) is 0 Å². The second-order valence-corrected chi connectivity index (χ2v) is 5.40. The Kier molecular flexibility index (Phi) is 4.95. The van der Waals surface area contributed by atoms with Crippen molar-refractivity contribution in [2.75, 3.05) is 5.32 Å². The lowest BCUT2D eigenvalue weighted by molar-refractivity contribution is 0.101. The number of benzene rings is 2. The number of aliphatic hydroxyl groups excluding tert-OH is 1. The number of amides is 1. The van der Waals surface area contributed by atoms with Crippen molar-refractivity contribution in [3.63, 3.8) is 0 Å². The third kappa shape index (κ3) is 3.41. The van der Waals surface area contributed by atoms with E-state index in [0.717, 1.165) is 0 Å². The molecule has 0 radical (unpaired) electrons. The molecule has 0 fully saturated rings. The highest BCUT2D eigenvalue weighted by Crippen LogP contribution is 2.26. The molecule has 27 heavy (non-hydrogen) atoms. The zero-order valence-corrected chi connectivity index (χ0v) is 13.3. The molecule has 3 rings (SSSR count). The molecule has 1 aromatic heterocycles. The summed E-state index contributed by atoms with van der Waals surface area (Å²) in [5.74, 6) is -11.9. The second-order valence-electron chi connectivity index (χ2n) is 5.40. The van der Waals surface area contributed by atoms with Crippen molar-refractivity contribution in [1.29, 1.82) is 0 Å². The molecule has 0 aliphatic carbocycles. The minimum atomic E-state index is -2.34. The first-order chi connectivity index (χ1) is 12.8. The highest BCUT2D eigenvalue weighted by molar-refractivity contribution is 6.04. The van der Waals surface area contributed by atoms with Crippen LogP contribution in [0.25, 0.3) is 11.3 Å². The van der Waals surface area contributed by atoms with Gasteiger partial charge in [-0.2, -0.15) is 0 Å². The van der Waals surface area contributed by atoms with Crippen molar-refractivity contribution < 1.29 is 36.3 Å². The topological polar surface area (TPSA) is 62.5 Å². The zero-order valence-electron chi connectivity index (χ0n) is 13.3. The van der Waals surface area contributed by atoms with Gasteiger partial charge in [0, 0.05) is 11.3 Å². The number of carbonyl (C=O) groups excluding carboxylic acids is 1. The smallest absolute Gasteiger partial charge is 0.261 e. The van der Waals surface area contributed by atoms with Crippen molar-refractivity contribution in [1.82, 2.24) is 0 Å². The molecule has 2 aromatic carbocycles. The largest absolute Gasteiger partial charge is 0.459 e. The summed E-state index contributed by atoms with van der Waals surface area (Å²) in [5.41, 5.74) is -0.945. The predicted octanol–water partition coefficient (Wildman–Crippen LogP) is 4.39. The number of rotatable bonds is 4. The van der Waals surface area contributed by atoms with Gasteiger partial charge in [-0.15, -0.1) is 0 Å². The highest BCUT2D eigenvalue weighted by atomic mass is 19.2. The van der Waals surface area contributed by atoms with E-state index in [1.54, 1.807) is 12.1 Å². The Labute approximate surface area is 148 Å². The molecule has 0 spiro atoms. The molecule has 0 unspecified atom stereocenters. The van der Waals surface area contributed by atoms with Gasteiger partial charge >= 0.3 is 0 Å². The number of halogens is 5. The van der Waals surface area contributed by atoms with E-state index < -0.39 is 40.6 Å². The number of hydrogen-bond donors (Lipinski definition) is 2. The number of nitrogens with one attached hydrogen (secondary N) is 1. The van der Waals surface area contributed by atoms with Crippen molar-refractivity contribution >= 4 is 11.6 Å². The van der Waals surface area contributed by atoms with Crippen LogP contribution in [-0.2, 0) is 6.61 Å². The number of carbonyl (C=O) groups is 1. The molecule has 1 amide bonds. The van der Waals surface area contributed by atoms with E-state index >= 15 is 0 Å². The number of furan rings is 1. The molecule has 2 N–H and O–H groups in total. The van der Waals surface area contributed by atoms with Crippen LogP contribution < -0.4 is 5.32 Å². The maximum atomic E-state index is 13.7. The fourth-order valence-corrected chi connectivity index (χ4v) is 2.33. The fraction of sp³-hybridized carbons (Fsp3) is 0.0556. The number of anilines is 1. The molecular formula is C18H10F5NO3. The van der Waals surface area contributed by atoms with E-state index in [4.69, 9.17) is 9.52 Å². The monoisotopic (exact) mass is 383 g/mol. The minimum Gasteiger partial charge on any atom is -0.459 e. The normalized spacial score (nSPS) is 10.9. The molecule has 0 bridgehead atoms. The summed E-state index contributed by atoms with van der Waals surface area (Å²) >= 11 is 0. The lowest BCUT2D eigenvalue weighted by atomic mass is 10.1. The first-order valence-electron chi connectivity index (χ1n) is 7.46. The van der Waals surface area contributed by atoms with Crippen LogP contribution in [0, 0.1) is 29.1 Å². The summed E-state index contributed by atoms with van der Waals surface area (Å²) < 4.78 is 72.1. The Morgan fingerprint density at radius 2 is 1.41 bits per heavy atom. The molecule has 140 valence electrons. The number of hydrogen-bond acceptors (Lipinski definition) is 3. The first kappa shape index (κ1) is 18.6. The van der Waals surface area contributed by atoms with Gasteiger partial charge in [-0.1, -0.05) is 0 Å². The average Bonchev–Trinajstić information content (AvgIpc) is 3.15. The van der Waals surface area contributed by atoms with E-state index in [2.05, 4.69) is 5.32 Å². The molecule has 3 aromatic rings. The van der Waals surface area contributed by atoms with Gasteiger partial charge in [0.2, 0.25) is 5.82 Å². The van der Waals surface area contributed by atoms with Gasteiger partial charge in [0.1, 0.15) is 23.7 Å². The zero-order chi connectivity index (χ0) is 19.7. The predicted molar refractivity (Wildman–Crippen MR) is 84.3 cm³/mol. The number of aliphatic hydroxyl groups is 1. The molecule has 0 aliphatic rings. The molecular weight excluding hydrogens is 373 g/mol. The molecule has 9 heteroatoms. The van der Waals surface area contributed by atoms with Crippen LogP contribution in [0.5, 0.6) is 0 Å². The quantitative estimate of drug-likeness (QED) is 0.399. The van der Waals surface area contributed by atoms with Crippen molar-refractivity contribution in [3.8, 4) is 11.3 Å². The summed E-state index contributed by atoms with van der Waals surface area (Å²) in [5, 5.41) is 11.0. The maximum Gasteiger partial charge on any atom is 0.261 e. The molecule has 4 nitrogen and oxygen atoms in total. The lowest BCUT2D eigenvalue weighted by Gasteiger charge is -2.09. The van der Waals surface area contributed by atoms with Gasteiger partial charge in [-0.25, -0.2) is 22.0 Å². The summed E-state index contributed by atoms with van der Waals surface area (Å²) in [6.07, 6.45) is 0. The molecule has 0 saturated carbocycles. The summed E-state index contributed by atoms with van der Waals surface area (Å²) in [6, 6.07) is 8.85. The molecule has 0 saturated heterocycles. The van der Waals surface area contributed by atoms with E-state index in [-0.39, 0.29) is 12.3 Å². The van der Waals surface area contributed by atoms with Crippen LogP contribution in [0.15, 0.2) is 40.8 Å². The maximum absolute atomic E-state index is 13.7. The summed E-state index contributed by atoms with van der Waals surface area (Å²) in [4.78, 5) is 12.0. The minimum absolute atomic E-state index is 0.0571. The molecule has 0 atom stereocenters. The Balaban J connectivity index is 1.85. The van der Waals surface area contributed by atoms with Gasteiger partial charge in [-0.3, -0.25) is 4.79 Å².